The minimum absolute atomic E-state index is 0.142. The number of carbonyl (C=O) groups excluding carboxylic acids is 1. The van der Waals surface area contributed by atoms with Crippen molar-refractivity contribution in [3.63, 3.8) is 0 Å². The highest BCUT2D eigenvalue weighted by atomic mass is 35.5. The van der Waals surface area contributed by atoms with Crippen molar-refractivity contribution in [1.29, 1.82) is 0 Å². The molecule has 1 aliphatic rings. The highest BCUT2D eigenvalue weighted by molar-refractivity contribution is 7.93. The number of rotatable bonds is 4. The summed E-state index contributed by atoms with van der Waals surface area (Å²) in [6.45, 7) is 2.29. The average molecular weight is 341 g/mol. The van der Waals surface area contributed by atoms with E-state index in [2.05, 4.69) is 5.32 Å². The Morgan fingerprint density at radius 1 is 1.36 bits per heavy atom. The predicted octanol–water partition coefficient (Wildman–Crippen LogP) is 2.95. The molecule has 1 aliphatic heterocycles. The van der Waals surface area contributed by atoms with Gasteiger partial charge in [0.2, 0.25) is 15.9 Å². The Morgan fingerprint density at radius 2 is 2.14 bits per heavy atom. The van der Waals surface area contributed by atoms with Gasteiger partial charge in [-0.25, -0.2) is 8.42 Å². The summed E-state index contributed by atoms with van der Waals surface area (Å²) in [5.41, 5.74) is 0.894. The second kappa shape index (κ2) is 6.98. The van der Waals surface area contributed by atoms with Gasteiger partial charge in [0.25, 0.3) is 0 Å². The number of hydrogen-bond acceptors (Lipinski definition) is 3. The first-order chi connectivity index (χ1) is 10.4. The Hall–Kier alpha value is -1.79. The molecule has 0 atom stereocenters. The number of halogens is 1. The quantitative estimate of drug-likeness (QED) is 0.677. The average Bonchev–Trinajstić information content (AvgIpc) is 2.81. The van der Waals surface area contributed by atoms with Crippen molar-refractivity contribution in [3.8, 4) is 0 Å². The lowest BCUT2D eigenvalue weighted by atomic mass is 10.2. The molecule has 0 unspecified atom stereocenters. The number of benzene rings is 1. The van der Waals surface area contributed by atoms with Gasteiger partial charge in [0.05, 0.1) is 22.2 Å². The van der Waals surface area contributed by atoms with Crippen molar-refractivity contribution in [2.75, 3.05) is 21.9 Å². The van der Waals surface area contributed by atoms with E-state index in [0.29, 0.717) is 29.4 Å². The molecule has 0 aliphatic carbocycles. The Morgan fingerprint density at radius 3 is 2.77 bits per heavy atom. The Labute approximate surface area is 135 Å². The smallest absolute Gasteiger partial charge is 0.248 e. The monoisotopic (exact) mass is 340 g/mol. The topological polar surface area (TPSA) is 66.5 Å². The fourth-order valence-electron chi connectivity index (χ4n) is 2.12. The summed E-state index contributed by atoms with van der Waals surface area (Å²) in [5.74, 6) is -0.190. The van der Waals surface area contributed by atoms with Crippen molar-refractivity contribution < 1.29 is 13.2 Å². The summed E-state index contributed by atoms with van der Waals surface area (Å²) >= 11 is 6.06. The van der Waals surface area contributed by atoms with Crippen LogP contribution in [0.15, 0.2) is 42.5 Å². The summed E-state index contributed by atoms with van der Waals surface area (Å²) in [6.07, 6.45) is 7.11. The van der Waals surface area contributed by atoms with Crippen molar-refractivity contribution >= 4 is 38.9 Å². The predicted molar refractivity (Wildman–Crippen MR) is 89.8 cm³/mol. The fraction of sp³-hybridized carbons (Fsp3) is 0.267. The van der Waals surface area contributed by atoms with Crippen LogP contribution >= 0.6 is 11.6 Å². The molecule has 2 rings (SSSR count). The minimum Gasteiger partial charge on any atom is -0.321 e. The first-order valence-corrected chi connectivity index (χ1v) is 8.83. The van der Waals surface area contributed by atoms with Crippen LogP contribution in [0, 0.1) is 0 Å². The van der Waals surface area contributed by atoms with Crippen LogP contribution in [0.2, 0.25) is 5.02 Å². The third-order valence-corrected chi connectivity index (χ3v) is 5.35. The van der Waals surface area contributed by atoms with Gasteiger partial charge in [-0.3, -0.25) is 9.10 Å². The lowest BCUT2D eigenvalue weighted by molar-refractivity contribution is -0.111. The third kappa shape index (κ3) is 3.90. The lowest BCUT2D eigenvalue weighted by Gasteiger charge is -2.18. The zero-order chi connectivity index (χ0) is 16.2. The zero-order valence-electron chi connectivity index (χ0n) is 12.1. The zero-order valence-corrected chi connectivity index (χ0v) is 13.7. The van der Waals surface area contributed by atoms with Gasteiger partial charge in [-0.05, 0) is 31.5 Å². The molecule has 1 amide bonds. The van der Waals surface area contributed by atoms with E-state index < -0.39 is 10.0 Å². The van der Waals surface area contributed by atoms with Crippen molar-refractivity contribution in [2.45, 2.75) is 13.3 Å². The molecule has 1 saturated heterocycles. The van der Waals surface area contributed by atoms with Crippen LogP contribution in [-0.4, -0.2) is 26.6 Å². The van der Waals surface area contributed by atoms with Crippen LogP contribution < -0.4 is 9.62 Å². The molecule has 1 fully saturated rings. The van der Waals surface area contributed by atoms with Gasteiger partial charge in [0, 0.05) is 12.6 Å². The van der Waals surface area contributed by atoms with E-state index in [1.165, 1.54) is 10.4 Å². The van der Waals surface area contributed by atoms with Crippen molar-refractivity contribution in [3.05, 3.63) is 47.5 Å². The number of sulfonamides is 1. The van der Waals surface area contributed by atoms with E-state index in [9.17, 15) is 13.2 Å². The second-order valence-corrected chi connectivity index (χ2v) is 7.20. The van der Waals surface area contributed by atoms with E-state index in [1.807, 2.05) is 6.92 Å². The standard InChI is InChI=1S/C15H17ClN2O3S/c1-2-3-4-6-15(19)17-14-11-12(7-8-13(14)16)18-9-5-10-22(18,20)21/h2-4,6-8,11H,5,9-10H2,1H3,(H,17,19)/b3-2+,6-4+. The molecular weight excluding hydrogens is 324 g/mol. The molecule has 118 valence electrons. The number of nitrogens with one attached hydrogen (secondary N) is 1. The van der Waals surface area contributed by atoms with Gasteiger partial charge in [0.1, 0.15) is 0 Å². The maximum Gasteiger partial charge on any atom is 0.248 e. The van der Waals surface area contributed by atoms with E-state index >= 15 is 0 Å². The second-order valence-electron chi connectivity index (χ2n) is 4.78. The fourth-order valence-corrected chi connectivity index (χ4v) is 3.84. The van der Waals surface area contributed by atoms with Gasteiger partial charge in [0.15, 0.2) is 0 Å². The molecule has 0 bridgehead atoms. The number of allylic oxidation sites excluding steroid dienone is 3. The molecule has 1 aromatic carbocycles. The molecule has 1 heterocycles. The Balaban J connectivity index is 2.22. The summed E-state index contributed by atoms with van der Waals surface area (Å²) in [7, 11) is -3.26. The first-order valence-electron chi connectivity index (χ1n) is 6.84. The molecule has 1 N–H and O–H groups in total. The molecule has 1 aromatic rings. The van der Waals surface area contributed by atoms with E-state index in [4.69, 9.17) is 11.6 Å². The largest absolute Gasteiger partial charge is 0.321 e. The van der Waals surface area contributed by atoms with Crippen molar-refractivity contribution in [2.24, 2.45) is 0 Å². The Kier molecular flexibility index (Phi) is 5.26. The van der Waals surface area contributed by atoms with E-state index in [1.54, 1.807) is 36.4 Å². The summed E-state index contributed by atoms with van der Waals surface area (Å²) in [4.78, 5) is 11.8. The highest BCUT2D eigenvalue weighted by Crippen LogP contribution is 2.31. The van der Waals surface area contributed by atoms with Crippen LogP contribution in [0.25, 0.3) is 0 Å². The third-order valence-electron chi connectivity index (χ3n) is 3.15. The maximum atomic E-state index is 11.9. The van der Waals surface area contributed by atoms with Crippen molar-refractivity contribution in [1.82, 2.24) is 0 Å². The molecule has 22 heavy (non-hydrogen) atoms. The maximum absolute atomic E-state index is 11.9. The van der Waals surface area contributed by atoms with Gasteiger partial charge >= 0.3 is 0 Å². The number of anilines is 2. The van der Waals surface area contributed by atoms with Crippen LogP contribution in [0.5, 0.6) is 0 Å². The van der Waals surface area contributed by atoms with Crippen LogP contribution in [0.1, 0.15) is 13.3 Å². The normalized spacial score (nSPS) is 17.5. The highest BCUT2D eigenvalue weighted by Gasteiger charge is 2.28. The molecule has 5 nitrogen and oxygen atoms in total. The number of carbonyl (C=O) groups is 1. The Bertz CT molecular complexity index is 726. The molecular formula is C15H17ClN2O3S. The minimum atomic E-state index is -3.26. The molecule has 0 saturated carbocycles. The van der Waals surface area contributed by atoms with Crippen LogP contribution in [0.4, 0.5) is 11.4 Å². The van der Waals surface area contributed by atoms with Crippen LogP contribution in [-0.2, 0) is 14.8 Å². The van der Waals surface area contributed by atoms with Gasteiger partial charge in [-0.1, -0.05) is 29.8 Å². The molecule has 7 heteroatoms. The number of hydrogen-bond donors (Lipinski definition) is 1. The number of amides is 1. The molecule has 0 radical (unpaired) electrons. The summed E-state index contributed by atoms with van der Waals surface area (Å²) in [5, 5.41) is 3.00. The molecule has 0 aromatic heterocycles. The number of nitrogens with zero attached hydrogens (tertiary/aromatic N) is 1. The van der Waals surface area contributed by atoms with E-state index in [0.717, 1.165) is 0 Å². The SMILES string of the molecule is C/C=C/C=C/C(=O)Nc1cc(N2CCCS2(=O)=O)ccc1Cl. The summed E-state index contributed by atoms with van der Waals surface area (Å²) < 4.78 is 25.2. The summed E-state index contributed by atoms with van der Waals surface area (Å²) in [6, 6.07) is 4.79. The first kappa shape index (κ1) is 16.6. The van der Waals surface area contributed by atoms with Crippen LogP contribution in [0.3, 0.4) is 0 Å². The lowest BCUT2D eigenvalue weighted by Crippen LogP contribution is -2.25. The van der Waals surface area contributed by atoms with Gasteiger partial charge < -0.3 is 5.32 Å². The van der Waals surface area contributed by atoms with Gasteiger partial charge in [-0.2, -0.15) is 0 Å². The van der Waals surface area contributed by atoms with Gasteiger partial charge in [-0.15, -0.1) is 0 Å². The molecule has 0 spiro atoms. The van der Waals surface area contributed by atoms with E-state index in [-0.39, 0.29) is 11.7 Å².